The zero-order valence-corrected chi connectivity index (χ0v) is 11.5. The van der Waals surface area contributed by atoms with Gasteiger partial charge in [0.1, 0.15) is 5.75 Å². The Morgan fingerprint density at radius 1 is 0.895 bits per heavy atom. The Kier molecular flexibility index (Phi) is 4.58. The van der Waals surface area contributed by atoms with Crippen molar-refractivity contribution < 1.29 is 9.84 Å². The number of aliphatic hydroxyl groups is 1. The summed E-state index contributed by atoms with van der Waals surface area (Å²) in [6.45, 7) is 4.97. The van der Waals surface area contributed by atoms with Crippen LogP contribution in [0.15, 0.2) is 42.5 Å². The maximum atomic E-state index is 8.71. The van der Waals surface area contributed by atoms with Crippen molar-refractivity contribution in [3.8, 4) is 16.9 Å². The van der Waals surface area contributed by atoms with Crippen molar-refractivity contribution in [1.82, 2.24) is 0 Å². The summed E-state index contributed by atoms with van der Waals surface area (Å²) in [5.74, 6) is 0.848. The van der Waals surface area contributed by atoms with Gasteiger partial charge in [-0.1, -0.05) is 30.3 Å². The number of aliphatic hydroxyl groups excluding tert-OH is 1. The molecular formula is C17H20O2. The molecule has 19 heavy (non-hydrogen) atoms. The van der Waals surface area contributed by atoms with Crippen molar-refractivity contribution in [2.75, 3.05) is 13.2 Å². The first-order valence-corrected chi connectivity index (χ1v) is 6.62. The van der Waals surface area contributed by atoms with Gasteiger partial charge in [-0.15, -0.1) is 0 Å². The SMILES string of the molecule is Cc1ccc(-c2ccc(OCCCO)cc2)cc1C. The summed E-state index contributed by atoms with van der Waals surface area (Å²) in [6, 6.07) is 14.6. The Morgan fingerprint density at radius 2 is 1.58 bits per heavy atom. The quantitative estimate of drug-likeness (QED) is 0.826. The molecule has 2 rings (SSSR count). The van der Waals surface area contributed by atoms with E-state index in [0.29, 0.717) is 13.0 Å². The average Bonchev–Trinajstić information content (AvgIpc) is 2.43. The largest absolute Gasteiger partial charge is 0.494 e. The fraction of sp³-hybridized carbons (Fsp3) is 0.294. The van der Waals surface area contributed by atoms with E-state index in [4.69, 9.17) is 9.84 Å². The van der Waals surface area contributed by atoms with Gasteiger partial charge in [0, 0.05) is 13.0 Å². The van der Waals surface area contributed by atoms with E-state index in [0.717, 1.165) is 5.75 Å². The molecule has 100 valence electrons. The summed E-state index contributed by atoms with van der Waals surface area (Å²) in [5, 5.41) is 8.71. The fourth-order valence-corrected chi connectivity index (χ4v) is 1.92. The van der Waals surface area contributed by atoms with E-state index < -0.39 is 0 Å². The Balaban J connectivity index is 2.11. The number of rotatable bonds is 5. The van der Waals surface area contributed by atoms with Gasteiger partial charge in [-0.05, 0) is 48.2 Å². The molecule has 2 nitrogen and oxygen atoms in total. The van der Waals surface area contributed by atoms with Crippen molar-refractivity contribution in [2.24, 2.45) is 0 Å². The molecule has 0 heterocycles. The molecule has 0 aromatic heterocycles. The molecule has 0 amide bonds. The highest BCUT2D eigenvalue weighted by molar-refractivity contribution is 5.65. The Bertz CT molecular complexity index is 529. The van der Waals surface area contributed by atoms with E-state index in [-0.39, 0.29) is 6.61 Å². The van der Waals surface area contributed by atoms with E-state index in [9.17, 15) is 0 Å². The van der Waals surface area contributed by atoms with Gasteiger partial charge in [-0.2, -0.15) is 0 Å². The van der Waals surface area contributed by atoms with Crippen molar-refractivity contribution in [2.45, 2.75) is 20.3 Å². The van der Waals surface area contributed by atoms with Crippen molar-refractivity contribution in [3.63, 3.8) is 0 Å². The molecule has 0 radical (unpaired) electrons. The third kappa shape index (κ3) is 3.58. The summed E-state index contributed by atoms with van der Waals surface area (Å²) in [6.07, 6.45) is 0.666. The molecule has 0 aliphatic heterocycles. The van der Waals surface area contributed by atoms with Gasteiger partial charge in [0.15, 0.2) is 0 Å². The third-order valence-electron chi connectivity index (χ3n) is 3.27. The summed E-state index contributed by atoms with van der Waals surface area (Å²) >= 11 is 0. The molecule has 0 aliphatic carbocycles. The van der Waals surface area contributed by atoms with Gasteiger partial charge >= 0.3 is 0 Å². The highest BCUT2D eigenvalue weighted by Crippen LogP contribution is 2.24. The topological polar surface area (TPSA) is 29.5 Å². The molecular weight excluding hydrogens is 236 g/mol. The minimum atomic E-state index is 0.167. The van der Waals surface area contributed by atoms with E-state index >= 15 is 0 Å². The monoisotopic (exact) mass is 256 g/mol. The van der Waals surface area contributed by atoms with Crippen molar-refractivity contribution in [3.05, 3.63) is 53.6 Å². The summed E-state index contributed by atoms with van der Waals surface area (Å²) in [5.41, 5.74) is 5.04. The number of hydrogen-bond acceptors (Lipinski definition) is 2. The summed E-state index contributed by atoms with van der Waals surface area (Å²) in [4.78, 5) is 0. The number of aryl methyl sites for hydroxylation is 2. The first kappa shape index (κ1) is 13.6. The maximum Gasteiger partial charge on any atom is 0.119 e. The Hall–Kier alpha value is -1.80. The predicted molar refractivity (Wildman–Crippen MR) is 78.5 cm³/mol. The van der Waals surface area contributed by atoms with Crippen LogP contribution in [-0.2, 0) is 0 Å². The lowest BCUT2D eigenvalue weighted by atomic mass is 10.0. The first-order valence-electron chi connectivity index (χ1n) is 6.62. The summed E-state index contributed by atoms with van der Waals surface area (Å²) < 4.78 is 5.52. The molecule has 0 spiro atoms. The van der Waals surface area contributed by atoms with Crippen LogP contribution in [0.25, 0.3) is 11.1 Å². The van der Waals surface area contributed by atoms with Gasteiger partial charge < -0.3 is 9.84 Å². The lowest BCUT2D eigenvalue weighted by molar-refractivity contribution is 0.233. The van der Waals surface area contributed by atoms with E-state index in [1.54, 1.807) is 0 Å². The van der Waals surface area contributed by atoms with Crippen LogP contribution in [0, 0.1) is 13.8 Å². The second kappa shape index (κ2) is 6.39. The smallest absolute Gasteiger partial charge is 0.119 e. The highest BCUT2D eigenvalue weighted by atomic mass is 16.5. The number of benzene rings is 2. The van der Waals surface area contributed by atoms with Crippen LogP contribution >= 0.6 is 0 Å². The highest BCUT2D eigenvalue weighted by Gasteiger charge is 2.00. The standard InChI is InChI=1S/C17H20O2/c1-13-4-5-16(12-14(13)2)15-6-8-17(9-7-15)19-11-3-10-18/h4-9,12,18H,3,10-11H2,1-2H3. The Morgan fingerprint density at radius 3 is 2.21 bits per heavy atom. The molecule has 0 bridgehead atoms. The van der Waals surface area contributed by atoms with Crippen LogP contribution in [0.4, 0.5) is 0 Å². The van der Waals surface area contributed by atoms with Crippen molar-refractivity contribution in [1.29, 1.82) is 0 Å². The molecule has 0 saturated carbocycles. The lowest BCUT2D eigenvalue weighted by Crippen LogP contribution is -1.99. The molecule has 2 aromatic rings. The first-order chi connectivity index (χ1) is 9.20. The molecule has 1 N–H and O–H groups in total. The predicted octanol–water partition coefficient (Wildman–Crippen LogP) is 3.73. The molecule has 2 heteroatoms. The number of ether oxygens (including phenoxy) is 1. The van der Waals surface area contributed by atoms with E-state index in [1.165, 1.54) is 22.3 Å². The second-order valence-corrected chi connectivity index (χ2v) is 4.75. The van der Waals surface area contributed by atoms with Gasteiger partial charge in [-0.3, -0.25) is 0 Å². The lowest BCUT2D eigenvalue weighted by Gasteiger charge is -2.08. The Labute approximate surface area is 114 Å². The zero-order chi connectivity index (χ0) is 13.7. The van der Waals surface area contributed by atoms with Crippen LogP contribution in [0.3, 0.4) is 0 Å². The summed E-state index contributed by atoms with van der Waals surface area (Å²) in [7, 11) is 0. The maximum absolute atomic E-state index is 8.71. The number of hydrogen-bond donors (Lipinski definition) is 1. The zero-order valence-electron chi connectivity index (χ0n) is 11.5. The molecule has 0 saturated heterocycles. The average molecular weight is 256 g/mol. The molecule has 0 atom stereocenters. The van der Waals surface area contributed by atoms with Gasteiger partial charge in [0.2, 0.25) is 0 Å². The van der Waals surface area contributed by atoms with Gasteiger partial charge in [-0.25, -0.2) is 0 Å². The van der Waals surface area contributed by atoms with E-state index in [1.807, 2.05) is 12.1 Å². The van der Waals surface area contributed by atoms with Gasteiger partial charge in [0.05, 0.1) is 6.61 Å². The van der Waals surface area contributed by atoms with E-state index in [2.05, 4.69) is 44.2 Å². The van der Waals surface area contributed by atoms with Crippen LogP contribution in [-0.4, -0.2) is 18.3 Å². The fourth-order valence-electron chi connectivity index (χ4n) is 1.92. The molecule has 0 unspecified atom stereocenters. The third-order valence-corrected chi connectivity index (χ3v) is 3.27. The van der Waals surface area contributed by atoms with Crippen LogP contribution < -0.4 is 4.74 Å². The minimum Gasteiger partial charge on any atom is -0.494 e. The normalized spacial score (nSPS) is 10.5. The van der Waals surface area contributed by atoms with Crippen LogP contribution in [0.5, 0.6) is 5.75 Å². The van der Waals surface area contributed by atoms with Gasteiger partial charge in [0.25, 0.3) is 0 Å². The molecule has 0 fully saturated rings. The van der Waals surface area contributed by atoms with Crippen LogP contribution in [0.1, 0.15) is 17.5 Å². The molecule has 2 aromatic carbocycles. The van der Waals surface area contributed by atoms with Crippen LogP contribution in [0.2, 0.25) is 0 Å². The minimum absolute atomic E-state index is 0.167. The molecule has 0 aliphatic rings. The van der Waals surface area contributed by atoms with Crippen molar-refractivity contribution >= 4 is 0 Å². The second-order valence-electron chi connectivity index (χ2n) is 4.75.